The minimum Gasteiger partial charge on any atom is -0.289 e. The predicted molar refractivity (Wildman–Crippen MR) is 136 cm³/mol. The molecule has 2 aromatic rings. The molecule has 0 aromatic heterocycles. The zero-order valence-electron chi connectivity index (χ0n) is 20.1. The fourth-order valence-electron chi connectivity index (χ4n) is 3.59. The number of nitrogens with one attached hydrogen (secondary N) is 1. The van der Waals surface area contributed by atoms with E-state index in [4.69, 9.17) is 4.99 Å². The van der Waals surface area contributed by atoms with Crippen LogP contribution in [0.4, 0.5) is 11.4 Å². The van der Waals surface area contributed by atoms with Gasteiger partial charge in [-0.05, 0) is 40.7 Å². The van der Waals surface area contributed by atoms with Crippen LogP contribution in [0.5, 0.6) is 0 Å². The molecule has 174 valence electrons. The molecule has 3 rings (SSSR count). The normalized spacial score (nSPS) is 15.1. The molecule has 0 radical (unpaired) electrons. The molecule has 0 saturated carbocycles. The summed E-state index contributed by atoms with van der Waals surface area (Å²) in [4.78, 5) is 17.9. The van der Waals surface area contributed by atoms with Gasteiger partial charge in [0.05, 0.1) is 22.8 Å². The number of benzene rings is 2. The number of nitrogens with zero attached hydrogens (tertiary/aromatic N) is 1. The molecule has 0 spiro atoms. The van der Waals surface area contributed by atoms with Gasteiger partial charge in [-0.25, -0.2) is 13.4 Å². The topological polar surface area (TPSA) is 75.6 Å². The smallest absolute Gasteiger partial charge is 0.236 e. The van der Waals surface area contributed by atoms with Crippen LogP contribution in [0, 0.1) is 10.8 Å². The van der Waals surface area contributed by atoms with Gasteiger partial charge in [-0.1, -0.05) is 84.0 Å². The molecule has 0 amide bonds. The number of carbonyl (C=O) groups excluding carboxylic acids is 1. The number of anilines is 1. The second kappa shape index (κ2) is 9.10. The maximum atomic E-state index is 13.2. The first-order valence-electron chi connectivity index (χ1n) is 11.0. The maximum absolute atomic E-state index is 13.2. The van der Waals surface area contributed by atoms with E-state index in [1.165, 1.54) is 0 Å². The molecule has 0 aliphatic heterocycles. The number of ketones is 1. The summed E-state index contributed by atoms with van der Waals surface area (Å²) in [5.41, 5.74) is 2.90. The highest BCUT2D eigenvalue weighted by Crippen LogP contribution is 2.38. The molecule has 0 fully saturated rings. The zero-order chi connectivity index (χ0) is 24.4. The summed E-state index contributed by atoms with van der Waals surface area (Å²) in [5, 5.41) is 0. The third-order valence-electron chi connectivity index (χ3n) is 5.31. The number of para-hydroxylation sites is 2. The molecule has 1 aliphatic carbocycles. The number of sulfonamides is 1. The van der Waals surface area contributed by atoms with Crippen LogP contribution in [0.1, 0.15) is 47.1 Å². The highest BCUT2D eigenvalue weighted by atomic mass is 32.2. The van der Waals surface area contributed by atoms with Crippen molar-refractivity contribution in [1.82, 2.24) is 0 Å². The first-order chi connectivity index (χ1) is 15.3. The van der Waals surface area contributed by atoms with Crippen LogP contribution in [0.2, 0.25) is 0 Å². The minimum absolute atomic E-state index is 0.0331. The molecule has 5 nitrogen and oxygen atoms in total. The van der Waals surface area contributed by atoms with Gasteiger partial charge in [-0.3, -0.25) is 9.52 Å². The van der Waals surface area contributed by atoms with Crippen molar-refractivity contribution in [3.63, 3.8) is 0 Å². The van der Waals surface area contributed by atoms with Gasteiger partial charge in [0.2, 0.25) is 10.0 Å². The summed E-state index contributed by atoms with van der Waals surface area (Å²) >= 11 is 0. The lowest BCUT2D eigenvalue weighted by Crippen LogP contribution is -2.29. The van der Waals surface area contributed by atoms with Crippen molar-refractivity contribution in [3.8, 4) is 0 Å². The fraction of sp³-hybridized carbons (Fsp3) is 0.333. The SMILES string of the molecule is CC(C)(C)C1=CC(=Nc2ccccc2NS(=O)(=O)Cc2ccccc2)C=C(C(C)(C)C)C1=O. The van der Waals surface area contributed by atoms with Crippen molar-refractivity contribution in [2.45, 2.75) is 47.3 Å². The first kappa shape index (κ1) is 24.6. The number of hydrogen-bond donors (Lipinski definition) is 1. The average Bonchev–Trinajstić information content (AvgIpc) is 2.69. The van der Waals surface area contributed by atoms with E-state index in [-0.39, 0.29) is 22.4 Å². The fourth-order valence-corrected chi connectivity index (χ4v) is 4.80. The lowest BCUT2D eigenvalue weighted by Gasteiger charge is -2.31. The van der Waals surface area contributed by atoms with Crippen molar-refractivity contribution >= 4 is 32.9 Å². The molecule has 1 aliphatic rings. The summed E-state index contributed by atoms with van der Waals surface area (Å²) in [6.45, 7) is 12.0. The number of Topliss-reactive ketones (excluding diaryl/α,β-unsaturated/α-hetero) is 1. The van der Waals surface area contributed by atoms with Crippen LogP contribution in [0.15, 0.2) is 82.9 Å². The molecule has 33 heavy (non-hydrogen) atoms. The van der Waals surface area contributed by atoms with Crippen molar-refractivity contribution in [2.75, 3.05) is 4.72 Å². The lowest BCUT2D eigenvalue weighted by atomic mass is 9.72. The first-order valence-corrected chi connectivity index (χ1v) is 12.6. The van der Waals surface area contributed by atoms with Gasteiger partial charge in [-0.2, -0.15) is 0 Å². The highest BCUT2D eigenvalue weighted by Gasteiger charge is 2.34. The summed E-state index contributed by atoms with van der Waals surface area (Å²) in [5.74, 6) is -0.0964. The molecule has 6 heteroatoms. The Kier molecular flexibility index (Phi) is 6.80. The Hall–Kier alpha value is -2.99. The summed E-state index contributed by atoms with van der Waals surface area (Å²) in [7, 11) is -3.63. The van der Waals surface area contributed by atoms with Crippen LogP contribution in [-0.4, -0.2) is 19.9 Å². The predicted octanol–water partition coefficient (Wildman–Crippen LogP) is 6.23. The largest absolute Gasteiger partial charge is 0.289 e. The van der Waals surface area contributed by atoms with Crippen LogP contribution in [0.3, 0.4) is 0 Å². The highest BCUT2D eigenvalue weighted by molar-refractivity contribution is 7.91. The van der Waals surface area contributed by atoms with Gasteiger partial charge in [0.25, 0.3) is 0 Å². The minimum atomic E-state index is -3.63. The van der Waals surface area contributed by atoms with E-state index < -0.39 is 10.0 Å². The van der Waals surface area contributed by atoms with E-state index in [9.17, 15) is 13.2 Å². The monoisotopic (exact) mass is 464 g/mol. The van der Waals surface area contributed by atoms with Crippen LogP contribution >= 0.6 is 0 Å². The van der Waals surface area contributed by atoms with Gasteiger partial charge < -0.3 is 0 Å². The molecule has 0 atom stereocenters. The van der Waals surface area contributed by atoms with Crippen LogP contribution in [0.25, 0.3) is 0 Å². The standard InChI is InChI=1S/C27H32N2O3S/c1-26(2,3)21-16-20(17-22(25(21)30)27(4,5)6)28-23-14-10-11-15-24(23)29-33(31,32)18-19-12-8-7-9-13-19/h7-17,29H,18H2,1-6H3. The van der Waals surface area contributed by atoms with Crippen molar-refractivity contribution < 1.29 is 13.2 Å². The zero-order valence-corrected chi connectivity index (χ0v) is 21.0. The van der Waals surface area contributed by atoms with Gasteiger partial charge in [0, 0.05) is 11.1 Å². The Labute approximate surface area is 197 Å². The summed E-state index contributed by atoms with van der Waals surface area (Å²) in [6, 6.07) is 16.1. The Morgan fingerprint density at radius 2 is 1.30 bits per heavy atom. The quantitative estimate of drug-likeness (QED) is 0.533. The molecule has 2 aromatic carbocycles. The number of aliphatic imine (C=N–C) groups is 1. The Bertz CT molecular complexity index is 1200. The molecular formula is C27H32N2O3S. The van der Waals surface area contributed by atoms with Crippen LogP contribution in [-0.2, 0) is 20.6 Å². The third-order valence-corrected chi connectivity index (χ3v) is 6.55. The van der Waals surface area contributed by atoms with Crippen molar-refractivity contribution in [2.24, 2.45) is 15.8 Å². The third kappa shape index (κ3) is 6.29. The summed E-state index contributed by atoms with van der Waals surface area (Å²) in [6.07, 6.45) is 3.62. The van der Waals surface area contributed by atoms with Gasteiger partial charge >= 0.3 is 0 Å². The number of rotatable bonds is 5. The van der Waals surface area contributed by atoms with E-state index in [0.29, 0.717) is 33.8 Å². The molecule has 0 bridgehead atoms. The van der Waals surface area contributed by atoms with Gasteiger partial charge in [-0.15, -0.1) is 0 Å². The van der Waals surface area contributed by atoms with E-state index in [2.05, 4.69) is 4.72 Å². The van der Waals surface area contributed by atoms with Crippen LogP contribution < -0.4 is 4.72 Å². The van der Waals surface area contributed by atoms with Gasteiger partial charge in [0.15, 0.2) is 5.78 Å². The molecular weight excluding hydrogens is 432 g/mol. The molecule has 0 unspecified atom stereocenters. The molecule has 1 N–H and O–H groups in total. The molecule has 0 saturated heterocycles. The molecule has 0 heterocycles. The second-order valence-corrected chi connectivity index (χ2v) is 12.1. The average molecular weight is 465 g/mol. The van der Waals surface area contributed by atoms with Gasteiger partial charge in [0.1, 0.15) is 0 Å². The Morgan fingerprint density at radius 3 is 1.85 bits per heavy atom. The second-order valence-electron chi connectivity index (χ2n) is 10.3. The van der Waals surface area contributed by atoms with E-state index in [1.54, 1.807) is 30.3 Å². The Balaban J connectivity index is 2.02. The lowest BCUT2D eigenvalue weighted by molar-refractivity contribution is -0.114. The number of hydrogen-bond acceptors (Lipinski definition) is 4. The number of allylic oxidation sites excluding steroid dienone is 4. The van der Waals surface area contributed by atoms with Crippen molar-refractivity contribution in [3.05, 3.63) is 83.5 Å². The summed E-state index contributed by atoms with van der Waals surface area (Å²) < 4.78 is 28.3. The number of carbonyl (C=O) groups is 1. The van der Waals surface area contributed by atoms with Crippen molar-refractivity contribution in [1.29, 1.82) is 0 Å². The van der Waals surface area contributed by atoms with E-state index >= 15 is 0 Å². The Morgan fingerprint density at radius 1 is 0.788 bits per heavy atom. The van der Waals surface area contributed by atoms with E-state index in [1.807, 2.05) is 78.0 Å². The van der Waals surface area contributed by atoms with E-state index in [0.717, 1.165) is 0 Å². The maximum Gasteiger partial charge on any atom is 0.236 e.